The van der Waals surface area contributed by atoms with Crippen LogP contribution in [0, 0.1) is 0 Å². The molecule has 2 aromatic rings. The molecule has 1 atom stereocenters. The number of pyridine rings is 1. The average molecular weight is 288 g/mol. The average Bonchev–Trinajstić information content (AvgIpc) is 3.08. The number of amides is 1. The normalized spacial score (nSPS) is 18.5. The second-order valence-electron chi connectivity index (χ2n) is 4.66. The number of carbonyl (C=O) groups excluding carboxylic acids is 1. The number of H-pyrrole nitrogens is 1. The van der Waals surface area contributed by atoms with Crippen molar-refractivity contribution in [3.05, 3.63) is 41.9 Å². The van der Waals surface area contributed by atoms with Crippen LogP contribution >= 0.6 is 0 Å². The number of ether oxygens (including phenoxy) is 2. The Balaban J connectivity index is 1.91. The number of aromatic nitrogens is 3. The van der Waals surface area contributed by atoms with Crippen molar-refractivity contribution in [3.8, 4) is 5.88 Å². The summed E-state index contributed by atoms with van der Waals surface area (Å²) in [5.74, 6) is 0.209. The van der Waals surface area contributed by atoms with E-state index in [9.17, 15) is 4.79 Å². The monoisotopic (exact) mass is 288 g/mol. The maximum atomic E-state index is 12.8. The molecule has 0 spiro atoms. The molecule has 0 aliphatic carbocycles. The van der Waals surface area contributed by atoms with Crippen molar-refractivity contribution in [1.82, 2.24) is 20.1 Å². The van der Waals surface area contributed by atoms with E-state index >= 15 is 0 Å². The molecule has 0 saturated carbocycles. The Morgan fingerprint density at radius 1 is 1.48 bits per heavy atom. The molecular formula is C14H16N4O3. The second-order valence-corrected chi connectivity index (χ2v) is 4.66. The zero-order chi connectivity index (χ0) is 14.7. The molecule has 3 rings (SSSR count). The van der Waals surface area contributed by atoms with Gasteiger partial charge in [0, 0.05) is 18.9 Å². The van der Waals surface area contributed by atoms with Crippen LogP contribution in [0.25, 0.3) is 0 Å². The summed E-state index contributed by atoms with van der Waals surface area (Å²) in [6, 6.07) is 5.11. The standard InChI is InChI=1S/C14H16N4O3/c1-20-13-10(3-2-5-15-13)14(19)18-7-8-21-9-12(18)11-4-6-16-17-11/h2-6,12H,7-9H2,1H3,(H,16,17)/t12-/m0/s1. The van der Waals surface area contributed by atoms with Gasteiger partial charge in [0.1, 0.15) is 5.56 Å². The maximum Gasteiger partial charge on any atom is 0.260 e. The van der Waals surface area contributed by atoms with Crippen LogP contribution in [-0.2, 0) is 4.74 Å². The number of carbonyl (C=O) groups is 1. The number of aromatic amines is 1. The molecule has 0 radical (unpaired) electrons. The van der Waals surface area contributed by atoms with Gasteiger partial charge in [-0.1, -0.05) is 0 Å². The first-order valence-corrected chi connectivity index (χ1v) is 6.68. The van der Waals surface area contributed by atoms with Crippen LogP contribution < -0.4 is 4.74 Å². The van der Waals surface area contributed by atoms with Gasteiger partial charge in [0.25, 0.3) is 5.91 Å². The highest BCUT2D eigenvalue weighted by atomic mass is 16.5. The summed E-state index contributed by atoms with van der Waals surface area (Å²) >= 11 is 0. The quantitative estimate of drug-likeness (QED) is 0.912. The van der Waals surface area contributed by atoms with Crippen LogP contribution in [0.2, 0.25) is 0 Å². The molecule has 0 unspecified atom stereocenters. The number of nitrogens with one attached hydrogen (secondary N) is 1. The Bertz CT molecular complexity index is 614. The number of hydrogen-bond acceptors (Lipinski definition) is 5. The van der Waals surface area contributed by atoms with Gasteiger partial charge in [-0.2, -0.15) is 5.10 Å². The zero-order valence-electron chi connectivity index (χ0n) is 11.7. The molecule has 2 aromatic heterocycles. The molecule has 1 amide bonds. The molecule has 1 saturated heterocycles. The molecule has 110 valence electrons. The summed E-state index contributed by atoms with van der Waals surface area (Å²) in [5, 5.41) is 6.84. The van der Waals surface area contributed by atoms with Gasteiger partial charge in [-0.05, 0) is 18.2 Å². The SMILES string of the molecule is COc1ncccc1C(=O)N1CCOC[C@H]1c1ccn[nH]1. The first kappa shape index (κ1) is 13.6. The summed E-state index contributed by atoms with van der Waals surface area (Å²) in [5.41, 5.74) is 1.30. The van der Waals surface area contributed by atoms with Crippen LogP contribution in [0.1, 0.15) is 22.1 Å². The minimum Gasteiger partial charge on any atom is -0.480 e. The molecule has 3 heterocycles. The van der Waals surface area contributed by atoms with E-state index in [0.717, 1.165) is 5.69 Å². The number of rotatable bonds is 3. The highest BCUT2D eigenvalue weighted by Crippen LogP contribution is 2.26. The maximum absolute atomic E-state index is 12.8. The smallest absolute Gasteiger partial charge is 0.260 e. The molecule has 0 bridgehead atoms. The van der Waals surface area contributed by atoms with Crippen LogP contribution in [0.15, 0.2) is 30.6 Å². The van der Waals surface area contributed by atoms with Crippen molar-refractivity contribution in [2.45, 2.75) is 6.04 Å². The van der Waals surface area contributed by atoms with Crippen LogP contribution in [-0.4, -0.2) is 52.9 Å². The fraction of sp³-hybridized carbons (Fsp3) is 0.357. The van der Waals surface area contributed by atoms with Crippen molar-refractivity contribution in [2.75, 3.05) is 26.9 Å². The first-order chi connectivity index (χ1) is 10.3. The van der Waals surface area contributed by atoms with Gasteiger partial charge >= 0.3 is 0 Å². The second kappa shape index (κ2) is 5.92. The lowest BCUT2D eigenvalue weighted by Gasteiger charge is -2.35. The van der Waals surface area contributed by atoms with Crippen LogP contribution in [0.5, 0.6) is 5.88 Å². The predicted molar refractivity (Wildman–Crippen MR) is 74.0 cm³/mol. The number of methoxy groups -OCH3 is 1. The fourth-order valence-corrected chi connectivity index (χ4v) is 2.43. The van der Waals surface area contributed by atoms with Crippen molar-refractivity contribution >= 4 is 5.91 Å². The summed E-state index contributed by atoms with van der Waals surface area (Å²) in [6.45, 7) is 1.47. The molecule has 1 aliphatic heterocycles. The van der Waals surface area contributed by atoms with Gasteiger partial charge in [0.05, 0.1) is 32.1 Å². The number of morpholine rings is 1. The lowest BCUT2D eigenvalue weighted by Crippen LogP contribution is -2.43. The molecule has 1 fully saturated rings. The first-order valence-electron chi connectivity index (χ1n) is 6.68. The Labute approximate surface area is 121 Å². The van der Waals surface area contributed by atoms with E-state index in [4.69, 9.17) is 9.47 Å². The predicted octanol–water partition coefficient (Wildman–Crippen LogP) is 1.03. The van der Waals surface area contributed by atoms with E-state index in [0.29, 0.717) is 31.2 Å². The van der Waals surface area contributed by atoms with Gasteiger partial charge in [-0.15, -0.1) is 0 Å². The molecule has 0 aromatic carbocycles. The minimum atomic E-state index is -0.182. The third-order valence-corrected chi connectivity index (χ3v) is 3.47. The van der Waals surface area contributed by atoms with E-state index in [2.05, 4.69) is 15.2 Å². The number of nitrogens with zero attached hydrogens (tertiary/aromatic N) is 3. The molecular weight excluding hydrogens is 272 g/mol. The van der Waals surface area contributed by atoms with Crippen LogP contribution in [0.3, 0.4) is 0 Å². The minimum absolute atomic E-state index is 0.122. The molecule has 1 aliphatic rings. The van der Waals surface area contributed by atoms with Gasteiger partial charge in [-0.3, -0.25) is 9.89 Å². The Morgan fingerprint density at radius 2 is 2.38 bits per heavy atom. The third-order valence-electron chi connectivity index (χ3n) is 3.47. The topological polar surface area (TPSA) is 80.3 Å². The zero-order valence-corrected chi connectivity index (χ0v) is 11.7. The lowest BCUT2D eigenvalue weighted by atomic mass is 10.1. The fourth-order valence-electron chi connectivity index (χ4n) is 2.43. The lowest BCUT2D eigenvalue weighted by molar-refractivity contribution is -0.00409. The van der Waals surface area contributed by atoms with Gasteiger partial charge < -0.3 is 14.4 Å². The molecule has 7 nitrogen and oxygen atoms in total. The largest absolute Gasteiger partial charge is 0.480 e. The van der Waals surface area contributed by atoms with E-state index in [1.165, 1.54) is 7.11 Å². The van der Waals surface area contributed by atoms with E-state index in [1.54, 1.807) is 29.4 Å². The molecule has 21 heavy (non-hydrogen) atoms. The highest BCUT2D eigenvalue weighted by Gasteiger charge is 2.31. The van der Waals surface area contributed by atoms with Crippen molar-refractivity contribution < 1.29 is 14.3 Å². The Hall–Kier alpha value is -2.41. The van der Waals surface area contributed by atoms with Crippen molar-refractivity contribution in [2.24, 2.45) is 0 Å². The molecule has 7 heteroatoms. The Morgan fingerprint density at radius 3 is 3.14 bits per heavy atom. The van der Waals surface area contributed by atoms with E-state index in [-0.39, 0.29) is 11.9 Å². The van der Waals surface area contributed by atoms with E-state index in [1.807, 2.05) is 6.07 Å². The Kier molecular flexibility index (Phi) is 3.83. The van der Waals surface area contributed by atoms with Crippen molar-refractivity contribution in [3.63, 3.8) is 0 Å². The number of hydrogen-bond donors (Lipinski definition) is 1. The summed E-state index contributed by atoms with van der Waals surface area (Å²) < 4.78 is 10.7. The van der Waals surface area contributed by atoms with E-state index < -0.39 is 0 Å². The van der Waals surface area contributed by atoms with Gasteiger partial charge in [0.2, 0.25) is 5.88 Å². The summed E-state index contributed by atoms with van der Waals surface area (Å²) in [6.07, 6.45) is 3.26. The summed E-state index contributed by atoms with van der Waals surface area (Å²) in [7, 11) is 1.50. The van der Waals surface area contributed by atoms with Gasteiger partial charge in [0.15, 0.2) is 0 Å². The summed E-state index contributed by atoms with van der Waals surface area (Å²) in [4.78, 5) is 18.6. The van der Waals surface area contributed by atoms with Crippen LogP contribution in [0.4, 0.5) is 0 Å². The molecule has 1 N–H and O–H groups in total. The highest BCUT2D eigenvalue weighted by molar-refractivity contribution is 5.96. The van der Waals surface area contributed by atoms with Crippen molar-refractivity contribution in [1.29, 1.82) is 0 Å². The third kappa shape index (κ3) is 2.59. The van der Waals surface area contributed by atoms with Gasteiger partial charge in [-0.25, -0.2) is 4.98 Å².